The summed E-state index contributed by atoms with van der Waals surface area (Å²) in [6.45, 7) is 1.28. The second kappa shape index (κ2) is 9.84. The van der Waals surface area contributed by atoms with Crippen molar-refractivity contribution in [3.8, 4) is 11.5 Å². The Balaban J connectivity index is 1.71. The molecule has 134 valence electrons. The summed E-state index contributed by atoms with van der Waals surface area (Å²) < 4.78 is 24.0. The fourth-order valence-electron chi connectivity index (χ4n) is 2.43. The SMILES string of the molecule is COc1ccc(CCNC(=S)NCCc2ccccc2F)cc1OC. The van der Waals surface area contributed by atoms with Gasteiger partial charge in [0, 0.05) is 13.1 Å². The highest BCUT2D eigenvalue weighted by Crippen LogP contribution is 2.27. The van der Waals surface area contributed by atoms with Crippen LogP contribution in [0.1, 0.15) is 11.1 Å². The first kappa shape index (κ1) is 19.0. The molecule has 4 nitrogen and oxygen atoms in total. The number of hydrogen-bond acceptors (Lipinski definition) is 3. The fourth-order valence-corrected chi connectivity index (χ4v) is 2.63. The zero-order valence-corrected chi connectivity index (χ0v) is 15.3. The van der Waals surface area contributed by atoms with Crippen LogP contribution in [-0.4, -0.2) is 32.4 Å². The normalized spacial score (nSPS) is 10.2. The van der Waals surface area contributed by atoms with Crippen LogP contribution in [-0.2, 0) is 12.8 Å². The summed E-state index contributed by atoms with van der Waals surface area (Å²) in [6.07, 6.45) is 1.39. The lowest BCUT2D eigenvalue weighted by Crippen LogP contribution is -2.37. The lowest BCUT2D eigenvalue weighted by molar-refractivity contribution is 0.354. The molecule has 2 aromatic carbocycles. The molecule has 2 aromatic rings. The first-order valence-corrected chi connectivity index (χ1v) is 8.51. The van der Waals surface area contributed by atoms with Crippen LogP contribution in [0, 0.1) is 5.82 Å². The van der Waals surface area contributed by atoms with Crippen molar-refractivity contribution in [3.05, 3.63) is 59.4 Å². The van der Waals surface area contributed by atoms with Crippen LogP contribution in [0.15, 0.2) is 42.5 Å². The van der Waals surface area contributed by atoms with Crippen molar-refractivity contribution < 1.29 is 13.9 Å². The van der Waals surface area contributed by atoms with Gasteiger partial charge in [-0.2, -0.15) is 0 Å². The zero-order valence-electron chi connectivity index (χ0n) is 14.5. The third kappa shape index (κ3) is 5.90. The van der Waals surface area contributed by atoms with Crippen LogP contribution in [0.3, 0.4) is 0 Å². The molecule has 0 fully saturated rings. The third-order valence-corrected chi connectivity index (χ3v) is 4.07. The van der Waals surface area contributed by atoms with Gasteiger partial charge in [0.2, 0.25) is 0 Å². The molecular formula is C19H23FN2O2S. The second-order valence-electron chi connectivity index (χ2n) is 5.46. The Kier molecular flexibility index (Phi) is 7.47. The van der Waals surface area contributed by atoms with Gasteiger partial charge in [-0.15, -0.1) is 0 Å². The topological polar surface area (TPSA) is 42.5 Å². The van der Waals surface area contributed by atoms with Gasteiger partial charge in [-0.1, -0.05) is 24.3 Å². The minimum atomic E-state index is -0.184. The first-order chi connectivity index (χ1) is 12.1. The number of benzene rings is 2. The summed E-state index contributed by atoms with van der Waals surface area (Å²) in [4.78, 5) is 0. The molecule has 0 spiro atoms. The molecular weight excluding hydrogens is 339 g/mol. The predicted molar refractivity (Wildman–Crippen MR) is 102 cm³/mol. The number of thiocarbonyl (C=S) groups is 1. The van der Waals surface area contributed by atoms with Crippen LogP contribution < -0.4 is 20.1 Å². The summed E-state index contributed by atoms with van der Waals surface area (Å²) in [6, 6.07) is 12.6. The van der Waals surface area contributed by atoms with Gasteiger partial charge < -0.3 is 20.1 Å². The number of methoxy groups -OCH3 is 2. The van der Waals surface area contributed by atoms with Crippen molar-refractivity contribution in [3.63, 3.8) is 0 Å². The van der Waals surface area contributed by atoms with E-state index in [2.05, 4.69) is 10.6 Å². The van der Waals surface area contributed by atoms with E-state index in [9.17, 15) is 4.39 Å². The second-order valence-corrected chi connectivity index (χ2v) is 5.87. The number of hydrogen-bond donors (Lipinski definition) is 2. The van der Waals surface area contributed by atoms with Gasteiger partial charge in [-0.3, -0.25) is 0 Å². The van der Waals surface area contributed by atoms with Crippen LogP contribution in [0.25, 0.3) is 0 Å². The molecule has 0 amide bonds. The van der Waals surface area contributed by atoms with Crippen molar-refractivity contribution in [2.45, 2.75) is 12.8 Å². The Morgan fingerprint density at radius 2 is 1.64 bits per heavy atom. The molecule has 0 aliphatic heterocycles. The molecule has 0 saturated carbocycles. The largest absolute Gasteiger partial charge is 0.493 e. The van der Waals surface area contributed by atoms with E-state index in [4.69, 9.17) is 21.7 Å². The first-order valence-electron chi connectivity index (χ1n) is 8.10. The molecule has 0 unspecified atom stereocenters. The van der Waals surface area contributed by atoms with Gasteiger partial charge in [0.1, 0.15) is 5.82 Å². The molecule has 0 atom stereocenters. The standard InChI is InChI=1S/C19H23FN2O2S/c1-23-17-8-7-14(13-18(17)24-2)9-11-21-19(25)22-12-10-15-5-3-4-6-16(15)20/h3-8,13H,9-12H2,1-2H3,(H2,21,22,25). The van der Waals surface area contributed by atoms with Crippen LogP contribution >= 0.6 is 12.2 Å². The van der Waals surface area contributed by atoms with E-state index in [0.29, 0.717) is 41.7 Å². The van der Waals surface area contributed by atoms with Gasteiger partial charge in [-0.25, -0.2) is 4.39 Å². The summed E-state index contributed by atoms with van der Waals surface area (Å²) >= 11 is 5.25. The predicted octanol–water partition coefficient (Wildman–Crippen LogP) is 3.09. The minimum absolute atomic E-state index is 0.184. The molecule has 0 saturated heterocycles. The molecule has 0 aliphatic rings. The maximum absolute atomic E-state index is 13.5. The molecule has 2 rings (SSSR count). The van der Waals surface area contributed by atoms with Crippen molar-refractivity contribution >= 4 is 17.3 Å². The number of nitrogens with one attached hydrogen (secondary N) is 2. The Bertz CT molecular complexity index is 710. The van der Waals surface area contributed by atoms with Crippen molar-refractivity contribution in [1.29, 1.82) is 0 Å². The molecule has 0 bridgehead atoms. The Morgan fingerprint density at radius 3 is 2.32 bits per heavy atom. The summed E-state index contributed by atoms with van der Waals surface area (Å²) in [5, 5.41) is 6.81. The third-order valence-electron chi connectivity index (χ3n) is 3.78. The molecule has 0 aromatic heterocycles. The molecule has 0 heterocycles. The summed E-state index contributed by atoms with van der Waals surface area (Å²) in [5.41, 5.74) is 1.81. The van der Waals surface area contributed by atoms with E-state index >= 15 is 0 Å². The zero-order chi connectivity index (χ0) is 18.1. The van der Waals surface area contributed by atoms with Crippen molar-refractivity contribution in [2.24, 2.45) is 0 Å². The van der Waals surface area contributed by atoms with E-state index in [1.54, 1.807) is 26.4 Å². The van der Waals surface area contributed by atoms with Crippen molar-refractivity contribution in [1.82, 2.24) is 10.6 Å². The smallest absolute Gasteiger partial charge is 0.166 e. The maximum atomic E-state index is 13.5. The average Bonchev–Trinajstić information content (AvgIpc) is 2.63. The molecule has 2 N–H and O–H groups in total. The highest BCUT2D eigenvalue weighted by Gasteiger charge is 2.05. The van der Waals surface area contributed by atoms with Crippen LogP contribution in [0.4, 0.5) is 4.39 Å². The Morgan fingerprint density at radius 1 is 0.960 bits per heavy atom. The van der Waals surface area contributed by atoms with E-state index < -0.39 is 0 Å². The maximum Gasteiger partial charge on any atom is 0.166 e. The number of ether oxygens (including phenoxy) is 2. The van der Waals surface area contributed by atoms with E-state index in [0.717, 1.165) is 12.0 Å². The van der Waals surface area contributed by atoms with Gasteiger partial charge in [0.05, 0.1) is 14.2 Å². The fraction of sp³-hybridized carbons (Fsp3) is 0.316. The van der Waals surface area contributed by atoms with Gasteiger partial charge in [-0.05, 0) is 54.4 Å². The highest BCUT2D eigenvalue weighted by atomic mass is 32.1. The van der Waals surface area contributed by atoms with Crippen LogP contribution in [0.5, 0.6) is 11.5 Å². The lowest BCUT2D eigenvalue weighted by atomic mass is 10.1. The van der Waals surface area contributed by atoms with Crippen LogP contribution in [0.2, 0.25) is 0 Å². The average molecular weight is 362 g/mol. The van der Waals surface area contributed by atoms with E-state index in [-0.39, 0.29) is 5.82 Å². The monoisotopic (exact) mass is 362 g/mol. The molecule has 0 aliphatic carbocycles. The number of rotatable bonds is 8. The Labute approximate surface area is 153 Å². The summed E-state index contributed by atoms with van der Waals surface area (Å²) in [7, 11) is 3.24. The number of halogens is 1. The molecule has 6 heteroatoms. The van der Waals surface area contributed by atoms with Gasteiger partial charge in [0.25, 0.3) is 0 Å². The summed E-state index contributed by atoms with van der Waals surface area (Å²) in [5.74, 6) is 1.24. The lowest BCUT2D eigenvalue weighted by Gasteiger charge is -2.12. The van der Waals surface area contributed by atoms with Gasteiger partial charge in [0.15, 0.2) is 16.6 Å². The van der Waals surface area contributed by atoms with Crippen molar-refractivity contribution in [2.75, 3.05) is 27.3 Å². The highest BCUT2D eigenvalue weighted by molar-refractivity contribution is 7.80. The Hall–Kier alpha value is -2.34. The molecule has 0 radical (unpaired) electrons. The molecule has 25 heavy (non-hydrogen) atoms. The van der Waals surface area contributed by atoms with E-state index in [1.165, 1.54) is 6.07 Å². The minimum Gasteiger partial charge on any atom is -0.493 e. The quantitative estimate of drug-likeness (QED) is 0.707. The van der Waals surface area contributed by atoms with Gasteiger partial charge >= 0.3 is 0 Å². The van der Waals surface area contributed by atoms with E-state index in [1.807, 2.05) is 24.3 Å².